The molecule has 9 nitrogen and oxygen atoms in total. The van der Waals surface area contributed by atoms with Crippen LogP contribution in [0.3, 0.4) is 0 Å². The monoisotopic (exact) mass is 1100 g/mol. The van der Waals surface area contributed by atoms with Gasteiger partial charge in [-0.1, -0.05) is 255 Å². The van der Waals surface area contributed by atoms with Gasteiger partial charge in [-0.2, -0.15) is 0 Å². The summed E-state index contributed by atoms with van der Waals surface area (Å²) >= 11 is 0. The molecule has 0 heterocycles. The number of quaternary nitrogens is 1. The molecule has 0 aromatic heterocycles. The van der Waals surface area contributed by atoms with E-state index in [1.54, 1.807) is 0 Å². The van der Waals surface area contributed by atoms with Gasteiger partial charge in [-0.05, 0) is 96.0 Å². The third-order valence-corrected chi connectivity index (χ3v) is 15.4. The van der Waals surface area contributed by atoms with Crippen LogP contribution in [0.25, 0.3) is 0 Å². The largest absolute Gasteiger partial charge is 0.756 e. The molecule has 0 fully saturated rings. The maximum Gasteiger partial charge on any atom is 0.306 e. The van der Waals surface area contributed by atoms with Gasteiger partial charge < -0.3 is 28.5 Å². The van der Waals surface area contributed by atoms with Crippen molar-refractivity contribution in [2.24, 2.45) is 0 Å². The summed E-state index contributed by atoms with van der Waals surface area (Å²) in [5.74, 6) is -0.545. The van der Waals surface area contributed by atoms with Crippen molar-refractivity contribution < 1.29 is 37.3 Å². The number of unbranched alkanes of at least 4 members (excludes halogenated alkanes) is 35. The number of nitrogens with zero attached hydrogens (tertiary/aromatic N) is 1. The standard InChI is InChI=1S/C67H125N2O7P/c1-7-10-13-16-19-22-25-27-29-31-33-34-36-38-40-42-45-48-51-54-57-60-67(71)76-65(58-55-52-49-46-43-24-21-18-15-12-9-3)64(63-75-77(72,73)74-62-61-69(4,5)6)68-66(70)59-56-53-50-47-44-41-39-37-35-32-30-28-26-23-20-17-14-11-8-2/h19,22,27-30,33-34,55,58,64-65H,7-18,20-21,23-26,31-32,35-54,56-57,59-63H2,1-6H3,(H-,68,70,72,73)/b22-19-,29-27-,30-28+,34-33-,58-55+. The normalized spacial score (nSPS) is 14.0. The highest BCUT2D eigenvalue weighted by Crippen LogP contribution is 2.38. The minimum Gasteiger partial charge on any atom is -0.756 e. The van der Waals surface area contributed by atoms with Crippen LogP contribution in [0.5, 0.6) is 0 Å². The van der Waals surface area contributed by atoms with Crippen LogP contribution in [0.4, 0.5) is 0 Å². The number of hydrogen-bond donors (Lipinski definition) is 1. The van der Waals surface area contributed by atoms with E-state index < -0.39 is 26.6 Å². The van der Waals surface area contributed by atoms with E-state index in [0.717, 1.165) is 83.5 Å². The topological polar surface area (TPSA) is 114 Å². The van der Waals surface area contributed by atoms with E-state index >= 15 is 0 Å². The first-order valence-corrected chi connectivity index (χ1v) is 34.1. The highest BCUT2D eigenvalue weighted by atomic mass is 31.2. The van der Waals surface area contributed by atoms with Crippen molar-refractivity contribution in [3.8, 4) is 0 Å². The highest BCUT2D eigenvalue weighted by molar-refractivity contribution is 7.45. The van der Waals surface area contributed by atoms with Gasteiger partial charge in [0, 0.05) is 12.8 Å². The lowest BCUT2D eigenvalue weighted by Gasteiger charge is -2.30. The molecule has 3 unspecified atom stereocenters. The Kier molecular flexibility index (Phi) is 55.3. The number of nitrogens with one attached hydrogen (secondary N) is 1. The molecule has 0 aromatic carbocycles. The fourth-order valence-electron chi connectivity index (χ4n) is 9.35. The van der Waals surface area contributed by atoms with E-state index in [9.17, 15) is 19.0 Å². The molecule has 0 aliphatic carbocycles. The van der Waals surface area contributed by atoms with Crippen molar-refractivity contribution >= 4 is 19.7 Å². The van der Waals surface area contributed by atoms with Gasteiger partial charge in [0.1, 0.15) is 19.3 Å². The van der Waals surface area contributed by atoms with E-state index in [0.29, 0.717) is 17.4 Å². The molecule has 0 aliphatic heterocycles. The SMILES string of the molecule is CCCCC/C=C\C/C=C\C/C=C\CCCCCCCCCCC(=O)OC(/C=C/CCCCCCCCCCC)C(COP(=O)([O-])OCC[N+](C)(C)C)NC(=O)CCCCCCCCCCC/C=C/CCCCCCCC. The number of phosphoric ester groups is 1. The van der Waals surface area contributed by atoms with Gasteiger partial charge in [-0.15, -0.1) is 0 Å². The summed E-state index contributed by atoms with van der Waals surface area (Å²) in [6.07, 6.45) is 71.8. The van der Waals surface area contributed by atoms with Crippen molar-refractivity contribution in [1.82, 2.24) is 5.32 Å². The number of carbonyl (C=O) groups excluding carboxylic acids is 2. The minimum absolute atomic E-state index is 0.0246. The van der Waals surface area contributed by atoms with Crippen LogP contribution in [0.15, 0.2) is 60.8 Å². The molecule has 0 aliphatic rings. The molecule has 0 aromatic rings. The van der Waals surface area contributed by atoms with Crippen molar-refractivity contribution in [3.63, 3.8) is 0 Å². The van der Waals surface area contributed by atoms with Gasteiger partial charge in [-0.3, -0.25) is 14.2 Å². The third kappa shape index (κ3) is 58.2. The first kappa shape index (κ1) is 74.7. The summed E-state index contributed by atoms with van der Waals surface area (Å²) in [6.45, 7) is 6.82. The molecule has 0 spiro atoms. The Bertz CT molecular complexity index is 1500. The molecule has 1 amide bonds. The van der Waals surface area contributed by atoms with E-state index in [1.165, 1.54) is 186 Å². The zero-order valence-electron chi connectivity index (χ0n) is 51.4. The van der Waals surface area contributed by atoms with Gasteiger partial charge >= 0.3 is 5.97 Å². The van der Waals surface area contributed by atoms with E-state index in [4.69, 9.17) is 13.8 Å². The van der Waals surface area contributed by atoms with Crippen LogP contribution in [-0.4, -0.2) is 69.4 Å². The summed E-state index contributed by atoms with van der Waals surface area (Å²) < 4.78 is 30.3. The number of esters is 1. The summed E-state index contributed by atoms with van der Waals surface area (Å²) in [5.41, 5.74) is 0. The van der Waals surface area contributed by atoms with Crippen molar-refractivity contribution in [3.05, 3.63) is 60.8 Å². The molecule has 0 saturated carbocycles. The lowest BCUT2D eigenvalue weighted by Crippen LogP contribution is -2.47. The zero-order valence-corrected chi connectivity index (χ0v) is 52.3. The Hall–Kier alpha value is -2.29. The Balaban J connectivity index is 5.17. The molecule has 0 radical (unpaired) electrons. The van der Waals surface area contributed by atoms with Gasteiger partial charge in [0.05, 0.1) is 33.8 Å². The maximum atomic E-state index is 13.5. The van der Waals surface area contributed by atoms with Crippen LogP contribution in [0, 0.1) is 0 Å². The first-order chi connectivity index (χ1) is 37.4. The number of ether oxygens (including phenoxy) is 1. The molecule has 0 saturated heterocycles. The molecule has 10 heteroatoms. The van der Waals surface area contributed by atoms with E-state index in [2.05, 4.69) is 74.7 Å². The maximum absolute atomic E-state index is 13.5. The smallest absolute Gasteiger partial charge is 0.306 e. The molecule has 0 rings (SSSR count). The Morgan fingerprint density at radius 2 is 0.792 bits per heavy atom. The average molecular weight is 1100 g/mol. The number of hydrogen-bond acceptors (Lipinski definition) is 7. The Morgan fingerprint density at radius 3 is 1.22 bits per heavy atom. The highest BCUT2D eigenvalue weighted by Gasteiger charge is 2.27. The molecule has 0 bridgehead atoms. The number of allylic oxidation sites excluding steroid dienone is 9. The lowest BCUT2D eigenvalue weighted by molar-refractivity contribution is -0.870. The van der Waals surface area contributed by atoms with Gasteiger partial charge in [-0.25, -0.2) is 0 Å². The fraction of sp³-hybridized carbons (Fsp3) is 0.821. The minimum atomic E-state index is -4.70. The second kappa shape index (κ2) is 57.0. The molecular weight excluding hydrogens is 976 g/mol. The average Bonchev–Trinajstić information content (AvgIpc) is 3.39. The predicted octanol–water partition coefficient (Wildman–Crippen LogP) is 19.6. The Labute approximate surface area is 477 Å². The van der Waals surface area contributed by atoms with Gasteiger partial charge in [0.15, 0.2) is 0 Å². The molecule has 450 valence electrons. The van der Waals surface area contributed by atoms with Crippen molar-refractivity contribution in [1.29, 1.82) is 0 Å². The number of carbonyl (C=O) groups is 2. The van der Waals surface area contributed by atoms with E-state index in [1.807, 2.05) is 33.3 Å². The summed E-state index contributed by atoms with van der Waals surface area (Å²) in [7, 11) is 1.18. The molecular formula is C67H125N2O7P. The molecule has 3 atom stereocenters. The summed E-state index contributed by atoms with van der Waals surface area (Å²) in [4.78, 5) is 40.0. The Morgan fingerprint density at radius 1 is 0.455 bits per heavy atom. The number of amides is 1. The quantitative estimate of drug-likeness (QED) is 0.0212. The van der Waals surface area contributed by atoms with Gasteiger partial charge in [0.2, 0.25) is 5.91 Å². The number of likely N-dealkylation sites (N-methyl/N-ethyl adjacent to an activating group) is 1. The number of rotatable bonds is 59. The molecule has 1 N–H and O–H groups in total. The van der Waals surface area contributed by atoms with Gasteiger partial charge in [0.25, 0.3) is 7.82 Å². The summed E-state index contributed by atoms with van der Waals surface area (Å²) in [6, 6.07) is -0.893. The fourth-order valence-corrected chi connectivity index (χ4v) is 10.1. The zero-order chi connectivity index (χ0) is 56.4. The first-order valence-electron chi connectivity index (χ1n) is 32.6. The second-order valence-electron chi connectivity index (χ2n) is 23.3. The van der Waals surface area contributed by atoms with Crippen molar-refractivity contribution in [2.45, 2.75) is 315 Å². The van der Waals surface area contributed by atoms with Crippen LogP contribution in [-0.2, 0) is 27.9 Å². The van der Waals surface area contributed by atoms with Crippen LogP contribution in [0.2, 0.25) is 0 Å². The molecule has 77 heavy (non-hydrogen) atoms. The lowest BCUT2D eigenvalue weighted by atomic mass is 10.0. The summed E-state index contributed by atoms with van der Waals surface area (Å²) in [5, 5.41) is 3.03. The van der Waals surface area contributed by atoms with Crippen LogP contribution in [0.1, 0.15) is 303 Å². The second-order valence-corrected chi connectivity index (χ2v) is 24.7. The van der Waals surface area contributed by atoms with E-state index in [-0.39, 0.29) is 24.9 Å². The van der Waals surface area contributed by atoms with Crippen molar-refractivity contribution in [2.75, 3.05) is 40.9 Å². The predicted molar refractivity (Wildman–Crippen MR) is 330 cm³/mol. The number of phosphoric acid groups is 1. The van der Waals surface area contributed by atoms with Crippen LogP contribution < -0.4 is 10.2 Å². The van der Waals surface area contributed by atoms with Crippen LogP contribution >= 0.6 is 7.82 Å². The third-order valence-electron chi connectivity index (χ3n) is 14.4.